The minimum Gasteiger partial charge on any atom is -0.396 e. The topological polar surface area (TPSA) is 23.5 Å². The average molecular weight is 237 g/mol. The zero-order chi connectivity index (χ0) is 12.1. The Hall–Kier alpha value is -0.930. The van der Waals surface area contributed by atoms with Crippen molar-refractivity contribution in [3.8, 4) is 0 Å². The minimum absolute atomic E-state index is 0.174. The number of rotatable bonds is 7. The van der Waals surface area contributed by atoms with Gasteiger partial charge in [-0.15, -0.1) is 0 Å². The van der Waals surface area contributed by atoms with E-state index in [9.17, 15) is 4.39 Å². The number of halogens is 1. The largest absolute Gasteiger partial charge is 0.396 e. The van der Waals surface area contributed by atoms with Crippen LogP contribution in [0.25, 0.3) is 0 Å². The molecule has 1 aliphatic carbocycles. The quantitative estimate of drug-likeness (QED) is 0.737. The van der Waals surface area contributed by atoms with Gasteiger partial charge < -0.3 is 5.11 Å². The molecule has 1 aliphatic rings. The third kappa shape index (κ3) is 4.10. The van der Waals surface area contributed by atoms with Gasteiger partial charge in [0.05, 0.1) is 0 Å². The van der Waals surface area contributed by atoms with Crippen molar-refractivity contribution in [2.24, 2.45) is 0 Å². The van der Waals surface area contributed by atoms with Crippen LogP contribution in [0.15, 0.2) is 24.3 Å². The van der Waals surface area contributed by atoms with Gasteiger partial charge in [-0.25, -0.2) is 4.39 Å². The standard InChI is InChI=1S/C14H20FNO/c15-13-5-3-12(4-6-13)11-16(14-7-8-14)9-1-2-10-17/h3-6,14,17H,1-2,7-11H2. The van der Waals surface area contributed by atoms with Gasteiger partial charge in [-0.3, -0.25) is 4.90 Å². The molecule has 2 nitrogen and oxygen atoms in total. The van der Waals surface area contributed by atoms with E-state index in [2.05, 4.69) is 4.90 Å². The molecule has 0 atom stereocenters. The fourth-order valence-corrected chi connectivity index (χ4v) is 2.08. The molecule has 1 saturated carbocycles. The second-order valence-electron chi connectivity index (χ2n) is 4.76. The maximum atomic E-state index is 12.8. The van der Waals surface area contributed by atoms with Crippen LogP contribution in [0.4, 0.5) is 4.39 Å². The zero-order valence-corrected chi connectivity index (χ0v) is 10.1. The average Bonchev–Trinajstić information content (AvgIpc) is 3.15. The smallest absolute Gasteiger partial charge is 0.123 e. The Balaban J connectivity index is 1.86. The maximum absolute atomic E-state index is 12.8. The Labute approximate surface area is 102 Å². The van der Waals surface area contributed by atoms with E-state index in [-0.39, 0.29) is 12.4 Å². The molecule has 0 bridgehead atoms. The molecular formula is C14H20FNO. The summed E-state index contributed by atoms with van der Waals surface area (Å²) in [5.74, 6) is -0.174. The lowest BCUT2D eigenvalue weighted by molar-refractivity contribution is 0.229. The van der Waals surface area contributed by atoms with Crippen LogP contribution in [0.2, 0.25) is 0 Å². The molecule has 1 fully saturated rings. The molecule has 0 amide bonds. The summed E-state index contributed by atoms with van der Waals surface area (Å²) in [5.41, 5.74) is 1.17. The Morgan fingerprint density at radius 1 is 1.18 bits per heavy atom. The first-order valence-corrected chi connectivity index (χ1v) is 6.39. The molecule has 3 heteroatoms. The van der Waals surface area contributed by atoms with E-state index in [0.29, 0.717) is 6.04 Å². The van der Waals surface area contributed by atoms with E-state index in [1.807, 2.05) is 12.1 Å². The lowest BCUT2D eigenvalue weighted by Gasteiger charge is -2.21. The van der Waals surface area contributed by atoms with Crippen LogP contribution in [-0.2, 0) is 6.54 Å². The van der Waals surface area contributed by atoms with E-state index in [0.717, 1.165) is 25.9 Å². The highest BCUT2D eigenvalue weighted by atomic mass is 19.1. The lowest BCUT2D eigenvalue weighted by Crippen LogP contribution is -2.26. The molecule has 1 aromatic carbocycles. The van der Waals surface area contributed by atoms with E-state index >= 15 is 0 Å². The molecule has 1 N–H and O–H groups in total. The summed E-state index contributed by atoms with van der Waals surface area (Å²) in [6, 6.07) is 7.47. The van der Waals surface area contributed by atoms with Crippen molar-refractivity contribution in [3.63, 3.8) is 0 Å². The molecule has 0 unspecified atom stereocenters. The van der Waals surface area contributed by atoms with E-state index < -0.39 is 0 Å². The first-order valence-electron chi connectivity index (χ1n) is 6.39. The Bertz CT molecular complexity index is 335. The summed E-state index contributed by atoms with van der Waals surface area (Å²) < 4.78 is 12.8. The number of benzene rings is 1. The highest BCUT2D eigenvalue weighted by Crippen LogP contribution is 2.28. The van der Waals surface area contributed by atoms with Crippen molar-refractivity contribution in [3.05, 3.63) is 35.6 Å². The Morgan fingerprint density at radius 3 is 2.47 bits per heavy atom. The Kier molecular flexibility index (Phi) is 4.51. The number of hydrogen-bond donors (Lipinski definition) is 1. The molecule has 17 heavy (non-hydrogen) atoms. The molecule has 0 saturated heterocycles. The summed E-state index contributed by atoms with van der Waals surface area (Å²) in [6.07, 6.45) is 4.46. The molecule has 0 radical (unpaired) electrons. The number of hydrogen-bond acceptors (Lipinski definition) is 2. The number of nitrogens with zero attached hydrogens (tertiary/aromatic N) is 1. The van der Waals surface area contributed by atoms with E-state index in [4.69, 9.17) is 5.11 Å². The van der Waals surface area contributed by atoms with Crippen LogP contribution in [0.3, 0.4) is 0 Å². The van der Waals surface area contributed by atoms with Gasteiger partial charge in [0.1, 0.15) is 5.82 Å². The van der Waals surface area contributed by atoms with Crippen LogP contribution in [0.1, 0.15) is 31.2 Å². The lowest BCUT2D eigenvalue weighted by atomic mass is 10.2. The van der Waals surface area contributed by atoms with Crippen molar-refractivity contribution in [1.82, 2.24) is 4.90 Å². The van der Waals surface area contributed by atoms with Gasteiger partial charge >= 0.3 is 0 Å². The summed E-state index contributed by atoms with van der Waals surface area (Å²) >= 11 is 0. The van der Waals surface area contributed by atoms with Gasteiger partial charge in [0.25, 0.3) is 0 Å². The van der Waals surface area contributed by atoms with Crippen molar-refractivity contribution < 1.29 is 9.50 Å². The molecule has 94 valence electrons. The predicted molar refractivity (Wildman–Crippen MR) is 66.2 cm³/mol. The van der Waals surface area contributed by atoms with Gasteiger partial charge in [0.2, 0.25) is 0 Å². The zero-order valence-electron chi connectivity index (χ0n) is 10.1. The SMILES string of the molecule is OCCCCN(Cc1ccc(F)cc1)C1CC1. The molecule has 0 spiro atoms. The second kappa shape index (κ2) is 6.12. The minimum atomic E-state index is -0.174. The van der Waals surface area contributed by atoms with Gasteiger partial charge in [0, 0.05) is 19.2 Å². The fraction of sp³-hybridized carbons (Fsp3) is 0.571. The first kappa shape index (κ1) is 12.5. The van der Waals surface area contributed by atoms with Gasteiger partial charge in [-0.05, 0) is 49.9 Å². The van der Waals surface area contributed by atoms with Crippen molar-refractivity contribution in [2.75, 3.05) is 13.2 Å². The Morgan fingerprint density at radius 2 is 1.88 bits per heavy atom. The first-order chi connectivity index (χ1) is 8.29. The summed E-state index contributed by atoms with van der Waals surface area (Å²) in [7, 11) is 0. The van der Waals surface area contributed by atoms with Gasteiger partial charge in [-0.2, -0.15) is 0 Å². The normalized spacial score (nSPS) is 15.5. The molecule has 0 aliphatic heterocycles. The number of aliphatic hydroxyl groups is 1. The molecule has 2 rings (SSSR count). The third-order valence-electron chi connectivity index (χ3n) is 3.22. The summed E-state index contributed by atoms with van der Waals surface area (Å²) in [5, 5.41) is 8.79. The second-order valence-corrected chi connectivity index (χ2v) is 4.76. The highest BCUT2D eigenvalue weighted by molar-refractivity contribution is 5.16. The predicted octanol–water partition coefficient (Wildman–Crippen LogP) is 2.56. The third-order valence-corrected chi connectivity index (χ3v) is 3.22. The van der Waals surface area contributed by atoms with E-state index in [1.165, 1.54) is 30.5 Å². The summed E-state index contributed by atoms with van der Waals surface area (Å²) in [6.45, 7) is 2.20. The highest BCUT2D eigenvalue weighted by Gasteiger charge is 2.28. The van der Waals surface area contributed by atoms with Crippen LogP contribution in [-0.4, -0.2) is 29.2 Å². The molecular weight excluding hydrogens is 217 g/mol. The number of unbranched alkanes of at least 4 members (excludes halogenated alkanes) is 1. The van der Waals surface area contributed by atoms with Crippen LogP contribution < -0.4 is 0 Å². The molecule has 0 heterocycles. The van der Waals surface area contributed by atoms with Gasteiger partial charge in [0.15, 0.2) is 0 Å². The number of aliphatic hydroxyl groups excluding tert-OH is 1. The van der Waals surface area contributed by atoms with Crippen LogP contribution >= 0.6 is 0 Å². The van der Waals surface area contributed by atoms with Crippen LogP contribution in [0.5, 0.6) is 0 Å². The van der Waals surface area contributed by atoms with Crippen LogP contribution in [0, 0.1) is 5.82 Å². The van der Waals surface area contributed by atoms with Crippen molar-refractivity contribution >= 4 is 0 Å². The fourth-order valence-electron chi connectivity index (χ4n) is 2.08. The molecule has 1 aromatic rings. The van der Waals surface area contributed by atoms with E-state index in [1.54, 1.807) is 0 Å². The van der Waals surface area contributed by atoms with Gasteiger partial charge in [-0.1, -0.05) is 12.1 Å². The van der Waals surface area contributed by atoms with Crippen molar-refractivity contribution in [1.29, 1.82) is 0 Å². The maximum Gasteiger partial charge on any atom is 0.123 e. The monoisotopic (exact) mass is 237 g/mol. The summed E-state index contributed by atoms with van der Waals surface area (Å²) in [4.78, 5) is 2.45. The molecule has 0 aromatic heterocycles. The van der Waals surface area contributed by atoms with Crippen molar-refractivity contribution in [2.45, 2.75) is 38.3 Å².